The van der Waals surface area contributed by atoms with Crippen molar-refractivity contribution in [1.29, 1.82) is 0 Å². The van der Waals surface area contributed by atoms with Crippen LogP contribution in [-0.4, -0.2) is 16.7 Å². The van der Waals surface area contributed by atoms with Crippen LogP contribution in [0.2, 0.25) is 5.02 Å². The molecule has 3 N–H and O–H groups in total. The Morgan fingerprint density at radius 1 is 1.15 bits per heavy atom. The number of halogens is 2. The molecule has 140 valence electrons. The Morgan fingerprint density at radius 3 is 2.41 bits per heavy atom. The van der Waals surface area contributed by atoms with Crippen molar-refractivity contribution in [1.82, 2.24) is 10.9 Å². The maximum absolute atomic E-state index is 12.0. The van der Waals surface area contributed by atoms with E-state index in [0.29, 0.717) is 5.69 Å². The molecule has 0 aliphatic carbocycles. The minimum Gasteiger partial charge on any atom is -0.326 e. The largest absolute Gasteiger partial charge is 0.326 e. The van der Waals surface area contributed by atoms with Gasteiger partial charge in [-0.15, -0.1) is 0 Å². The van der Waals surface area contributed by atoms with Gasteiger partial charge in [0.05, 0.1) is 11.3 Å². The zero-order valence-electron chi connectivity index (χ0n) is 13.8. The zero-order chi connectivity index (χ0) is 20.0. The van der Waals surface area contributed by atoms with Crippen molar-refractivity contribution in [2.24, 2.45) is 0 Å². The molecular formula is C17H14ClIN4O4. The molecule has 8 nitrogen and oxygen atoms in total. The molecular weight excluding hydrogens is 487 g/mol. The third-order valence-electron chi connectivity index (χ3n) is 3.26. The van der Waals surface area contributed by atoms with Gasteiger partial charge in [-0.1, -0.05) is 18.2 Å². The van der Waals surface area contributed by atoms with Gasteiger partial charge in [0.15, 0.2) is 0 Å². The Labute approximate surface area is 173 Å². The van der Waals surface area contributed by atoms with Gasteiger partial charge in [-0.25, -0.2) is 0 Å². The molecule has 0 atom stereocenters. The van der Waals surface area contributed by atoms with Gasteiger partial charge in [0.2, 0.25) is 5.91 Å². The Kier molecular flexibility index (Phi) is 7.13. The molecule has 2 aromatic carbocycles. The van der Waals surface area contributed by atoms with E-state index in [2.05, 4.69) is 45.3 Å². The summed E-state index contributed by atoms with van der Waals surface area (Å²) in [5, 5.41) is 13.3. The van der Waals surface area contributed by atoms with Crippen molar-refractivity contribution in [3.05, 3.63) is 79.0 Å². The molecule has 27 heavy (non-hydrogen) atoms. The second-order valence-electron chi connectivity index (χ2n) is 5.34. The molecule has 0 heterocycles. The van der Waals surface area contributed by atoms with E-state index in [-0.39, 0.29) is 34.3 Å². The lowest BCUT2D eigenvalue weighted by molar-refractivity contribution is -0.384. The van der Waals surface area contributed by atoms with Crippen LogP contribution < -0.4 is 16.2 Å². The lowest BCUT2D eigenvalue weighted by Crippen LogP contribution is -2.37. The van der Waals surface area contributed by atoms with Crippen LogP contribution in [0.15, 0.2) is 54.7 Å². The summed E-state index contributed by atoms with van der Waals surface area (Å²) >= 11 is 7.93. The zero-order valence-corrected chi connectivity index (χ0v) is 16.7. The quantitative estimate of drug-likeness (QED) is 0.305. The normalized spacial score (nSPS) is 10.0. The molecule has 0 saturated carbocycles. The van der Waals surface area contributed by atoms with Crippen molar-refractivity contribution < 1.29 is 14.5 Å². The summed E-state index contributed by atoms with van der Waals surface area (Å²) in [4.78, 5) is 34.1. The van der Waals surface area contributed by atoms with Crippen molar-refractivity contribution in [3.8, 4) is 0 Å². The molecule has 0 aliphatic rings. The number of nitrogens with zero attached hydrogens (tertiary/aromatic N) is 1. The molecule has 10 heteroatoms. The van der Waals surface area contributed by atoms with E-state index in [1.807, 2.05) is 12.1 Å². The molecule has 0 radical (unpaired) electrons. The van der Waals surface area contributed by atoms with Crippen LogP contribution in [0.25, 0.3) is 0 Å². The van der Waals surface area contributed by atoms with Crippen LogP contribution in [0.5, 0.6) is 0 Å². The maximum atomic E-state index is 12.0. The van der Waals surface area contributed by atoms with Gasteiger partial charge in [-0.3, -0.25) is 25.1 Å². The van der Waals surface area contributed by atoms with Crippen LogP contribution in [-0.2, 0) is 4.79 Å². The van der Waals surface area contributed by atoms with Gasteiger partial charge in [0, 0.05) is 26.6 Å². The summed E-state index contributed by atoms with van der Waals surface area (Å²) in [5.74, 6) is -0.882. The summed E-state index contributed by atoms with van der Waals surface area (Å²) in [7, 11) is 0. The number of hydrogen-bond acceptors (Lipinski definition) is 5. The summed E-state index contributed by atoms with van der Waals surface area (Å²) in [5.41, 5.74) is 5.62. The van der Waals surface area contributed by atoms with E-state index in [9.17, 15) is 19.7 Å². The number of rotatable bonds is 7. The van der Waals surface area contributed by atoms with Crippen molar-refractivity contribution in [3.63, 3.8) is 0 Å². The minimum atomic E-state index is -0.643. The fraction of sp³-hybridized carbons (Fsp3) is 0.0588. The summed E-state index contributed by atoms with van der Waals surface area (Å²) in [6.07, 6.45) is -0.0622. The van der Waals surface area contributed by atoms with Crippen molar-refractivity contribution in [2.75, 3.05) is 5.32 Å². The maximum Gasteiger partial charge on any atom is 0.287 e. The average molecular weight is 501 g/mol. The lowest BCUT2D eigenvalue weighted by atomic mass is 10.2. The average Bonchev–Trinajstić information content (AvgIpc) is 2.61. The molecule has 0 saturated heterocycles. The van der Waals surface area contributed by atoms with Gasteiger partial charge < -0.3 is 10.7 Å². The highest BCUT2D eigenvalue weighted by Crippen LogP contribution is 2.24. The summed E-state index contributed by atoms with van der Waals surface area (Å²) in [6, 6.07) is 10.9. The van der Waals surface area contributed by atoms with E-state index in [1.165, 1.54) is 12.1 Å². The topological polar surface area (TPSA) is 113 Å². The van der Waals surface area contributed by atoms with Crippen LogP contribution >= 0.6 is 34.2 Å². The minimum absolute atomic E-state index is 0.0622. The van der Waals surface area contributed by atoms with Gasteiger partial charge >= 0.3 is 0 Å². The Hall–Kier alpha value is -2.66. The molecule has 2 rings (SSSR count). The molecule has 0 unspecified atom stereocenters. The van der Waals surface area contributed by atoms with E-state index in [4.69, 9.17) is 11.6 Å². The number of benzene rings is 2. The van der Waals surface area contributed by atoms with Crippen LogP contribution in [0.4, 0.5) is 11.4 Å². The Balaban J connectivity index is 1.84. The standard InChI is InChI=1S/C17H14ClIN4O4/c1-10(8-16(24)20-13-5-3-12(19)4-6-13)21-22-17(25)11-2-7-15(23(26)27)14(18)9-11/h2-7,9,21H,1,8H2,(H,20,24)(H,22,25). The molecule has 2 aromatic rings. The molecule has 0 aliphatic heterocycles. The third kappa shape index (κ3) is 6.22. The second kappa shape index (κ2) is 9.33. The number of nitro benzene ring substituents is 1. The molecule has 0 bridgehead atoms. The number of anilines is 1. The van der Waals surface area contributed by atoms with E-state index >= 15 is 0 Å². The SMILES string of the molecule is C=C(CC(=O)Nc1ccc(I)cc1)NNC(=O)c1ccc([N+](=O)[O-])c(Cl)c1. The first kappa shape index (κ1) is 20.6. The van der Waals surface area contributed by atoms with E-state index in [1.54, 1.807) is 12.1 Å². The predicted octanol–water partition coefficient (Wildman–Crippen LogP) is 3.63. The summed E-state index contributed by atoms with van der Waals surface area (Å²) < 4.78 is 1.05. The Bertz CT molecular complexity index is 902. The number of nitrogens with one attached hydrogen (secondary N) is 3. The Morgan fingerprint density at radius 2 is 1.81 bits per heavy atom. The number of amides is 2. The van der Waals surface area contributed by atoms with Gasteiger partial charge in [-0.05, 0) is 59.0 Å². The highest BCUT2D eigenvalue weighted by atomic mass is 127. The van der Waals surface area contributed by atoms with Crippen LogP contribution in [0.1, 0.15) is 16.8 Å². The van der Waals surface area contributed by atoms with Crippen molar-refractivity contribution >= 4 is 57.4 Å². The highest BCUT2D eigenvalue weighted by Gasteiger charge is 2.15. The number of hydrogen-bond donors (Lipinski definition) is 3. The number of carbonyl (C=O) groups is 2. The van der Waals surface area contributed by atoms with E-state index < -0.39 is 10.8 Å². The third-order valence-corrected chi connectivity index (χ3v) is 4.28. The predicted molar refractivity (Wildman–Crippen MR) is 110 cm³/mol. The fourth-order valence-corrected chi connectivity index (χ4v) is 2.60. The highest BCUT2D eigenvalue weighted by molar-refractivity contribution is 14.1. The van der Waals surface area contributed by atoms with Crippen LogP contribution in [0.3, 0.4) is 0 Å². The summed E-state index contributed by atoms with van der Waals surface area (Å²) in [6.45, 7) is 3.67. The number of nitro groups is 1. The first-order chi connectivity index (χ1) is 12.8. The fourth-order valence-electron chi connectivity index (χ4n) is 1.99. The van der Waals surface area contributed by atoms with Gasteiger partial charge in [-0.2, -0.15) is 0 Å². The van der Waals surface area contributed by atoms with Gasteiger partial charge in [0.25, 0.3) is 11.6 Å². The molecule has 0 aromatic heterocycles. The molecule has 0 spiro atoms. The smallest absolute Gasteiger partial charge is 0.287 e. The number of carbonyl (C=O) groups excluding carboxylic acids is 2. The van der Waals surface area contributed by atoms with Gasteiger partial charge in [0.1, 0.15) is 5.02 Å². The first-order valence-electron chi connectivity index (χ1n) is 7.50. The van der Waals surface area contributed by atoms with Crippen molar-refractivity contribution in [2.45, 2.75) is 6.42 Å². The van der Waals surface area contributed by atoms with E-state index in [0.717, 1.165) is 9.64 Å². The number of hydrazine groups is 1. The molecule has 2 amide bonds. The molecule has 0 fully saturated rings. The second-order valence-corrected chi connectivity index (χ2v) is 6.99. The van der Waals surface area contributed by atoms with Crippen LogP contribution in [0, 0.1) is 13.7 Å². The first-order valence-corrected chi connectivity index (χ1v) is 8.95. The monoisotopic (exact) mass is 500 g/mol. The lowest BCUT2D eigenvalue weighted by Gasteiger charge is -2.11.